The predicted molar refractivity (Wildman–Crippen MR) is 73.4 cm³/mol. The molecule has 0 bridgehead atoms. The maximum atomic E-state index is 6.17. The Morgan fingerprint density at radius 1 is 1.35 bits per heavy atom. The third kappa shape index (κ3) is 3.98. The van der Waals surface area contributed by atoms with Gasteiger partial charge in [-0.25, -0.2) is 0 Å². The molecule has 2 nitrogen and oxygen atoms in total. The molecule has 1 saturated heterocycles. The highest BCUT2D eigenvalue weighted by molar-refractivity contribution is 6.31. The summed E-state index contributed by atoms with van der Waals surface area (Å²) in [6.45, 7) is 3.20. The summed E-state index contributed by atoms with van der Waals surface area (Å²) in [6.07, 6.45) is 3.98. The first-order valence-electron chi connectivity index (χ1n) is 6.41. The van der Waals surface area contributed by atoms with Crippen LogP contribution in [0.4, 0.5) is 0 Å². The quantitative estimate of drug-likeness (QED) is 0.887. The van der Waals surface area contributed by atoms with E-state index in [2.05, 4.69) is 23.3 Å². The van der Waals surface area contributed by atoms with Gasteiger partial charge in [-0.05, 0) is 38.1 Å². The molecule has 1 fully saturated rings. The fourth-order valence-electron chi connectivity index (χ4n) is 2.44. The average Bonchev–Trinajstić information content (AvgIpc) is 2.33. The molecule has 3 heteroatoms. The van der Waals surface area contributed by atoms with Crippen LogP contribution in [0.5, 0.6) is 0 Å². The zero-order valence-electron chi connectivity index (χ0n) is 10.5. The zero-order valence-corrected chi connectivity index (χ0v) is 11.2. The van der Waals surface area contributed by atoms with E-state index in [1.54, 1.807) is 0 Å². The number of piperidine rings is 1. The topological polar surface area (TPSA) is 15.3 Å². The molecule has 0 spiro atoms. The molecular weight excluding hydrogens is 232 g/mol. The van der Waals surface area contributed by atoms with Gasteiger partial charge in [0.1, 0.15) is 0 Å². The fraction of sp³-hybridized carbons (Fsp3) is 0.571. The number of nitrogens with zero attached hydrogens (tertiary/aromatic N) is 1. The van der Waals surface area contributed by atoms with Crippen LogP contribution in [-0.2, 0) is 6.54 Å². The highest BCUT2D eigenvalue weighted by atomic mass is 35.5. The summed E-state index contributed by atoms with van der Waals surface area (Å²) in [5, 5.41) is 4.45. The molecular formula is C14H21ClN2. The molecule has 1 aliphatic heterocycles. The SMILES string of the molecule is CN(Cc1ccccc1Cl)C[C@H]1CCCCN1. The second-order valence-electron chi connectivity index (χ2n) is 4.93. The van der Waals surface area contributed by atoms with Crippen LogP contribution in [0.15, 0.2) is 24.3 Å². The van der Waals surface area contributed by atoms with Crippen molar-refractivity contribution < 1.29 is 0 Å². The van der Waals surface area contributed by atoms with Crippen LogP contribution in [0.3, 0.4) is 0 Å². The van der Waals surface area contributed by atoms with Crippen LogP contribution in [0.1, 0.15) is 24.8 Å². The molecule has 0 unspecified atom stereocenters. The van der Waals surface area contributed by atoms with Crippen LogP contribution >= 0.6 is 11.6 Å². The molecule has 1 aromatic carbocycles. The van der Waals surface area contributed by atoms with Gasteiger partial charge < -0.3 is 10.2 Å². The highest BCUT2D eigenvalue weighted by Crippen LogP contribution is 2.17. The minimum absolute atomic E-state index is 0.649. The average molecular weight is 253 g/mol. The van der Waals surface area contributed by atoms with Crippen molar-refractivity contribution >= 4 is 11.6 Å². The van der Waals surface area contributed by atoms with Gasteiger partial charge in [0.15, 0.2) is 0 Å². The Kier molecular flexibility index (Phi) is 4.84. The van der Waals surface area contributed by atoms with Crippen molar-refractivity contribution in [3.8, 4) is 0 Å². The van der Waals surface area contributed by atoms with Crippen LogP contribution in [-0.4, -0.2) is 31.1 Å². The van der Waals surface area contributed by atoms with Gasteiger partial charge in [-0.15, -0.1) is 0 Å². The lowest BCUT2D eigenvalue weighted by atomic mass is 10.0. The molecule has 1 heterocycles. The summed E-state index contributed by atoms with van der Waals surface area (Å²) in [5.74, 6) is 0. The van der Waals surface area contributed by atoms with Crippen molar-refractivity contribution in [3.05, 3.63) is 34.9 Å². The standard InChI is InChI=1S/C14H21ClN2/c1-17(11-13-7-4-5-9-16-13)10-12-6-2-3-8-14(12)15/h2-3,6,8,13,16H,4-5,7,9-11H2,1H3/t13-/m1/s1. The maximum absolute atomic E-state index is 6.17. The lowest BCUT2D eigenvalue weighted by molar-refractivity contribution is 0.256. The van der Waals surface area contributed by atoms with Gasteiger partial charge in [-0.1, -0.05) is 36.2 Å². The largest absolute Gasteiger partial charge is 0.313 e. The van der Waals surface area contributed by atoms with Crippen LogP contribution in [0.2, 0.25) is 5.02 Å². The Hall–Kier alpha value is -0.570. The van der Waals surface area contributed by atoms with E-state index in [1.807, 2.05) is 18.2 Å². The van der Waals surface area contributed by atoms with Crippen molar-refractivity contribution in [2.45, 2.75) is 31.8 Å². The lowest BCUT2D eigenvalue weighted by Gasteiger charge is -2.28. The van der Waals surface area contributed by atoms with Gasteiger partial charge in [0, 0.05) is 24.2 Å². The van der Waals surface area contributed by atoms with Crippen molar-refractivity contribution in [1.29, 1.82) is 0 Å². The van der Waals surface area contributed by atoms with E-state index in [9.17, 15) is 0 Å². The summed E-state index contributed by atoms with van der Waals surface area (Å²) < 4.78 is 0. The number of hydrogen-bond acceptors (Lipinski definition) is 2. The van der Waals surface area contributed by atoms with E-state index in [-0.39, 0.29) is 0 Å². The Morgan fingerprint density at radius 3 is 2.88 bits per heavy atom. The predicted octanol–water partition coefficient (Wildman–Crippen LogP) is 2.91. The van der Waals surface area contributed by atoms with Crippen LogP contribution in [0.25, 0.3) is 0 Å². The van der Waals surface area contributed by atoms with Gasteiger partial charge >= 0.3 is 0 Å². The van der Waals surface area contributed by atoms with E-state index in [0.717, 1.165) is 18.1 Å². The highest BCUT2D eigenvalue weighted by Gasteiger charge is 2.14. The molecule has 1 atom stereocenters. The number of likely N-dealkylation sites (N-methyl/N-ethyl adjacent to an activating group) is 1. The molecule has 1 aromatic rings. The molecule has 1 aliphatic rings. The first-order chi connectivity index (χ1) is 8.25. The second kappa shape index (κ2) is 6.39. The molecule has 0 radical (unpaired) electrons. The summed E-state index contributed by atoms with van der Waals surface area (Å²) in [5.41, 5.74) is 1.22. The number of hydrogen-bond donors (Lipinski definition) is 1. The Balaban J connectivity index is 1.84. The second-order valence-corrected chi connectivity index (χ2v) is 5.34. The smallest absolute Gasteiger partial charge is 0.0451 e. The summed E-state index contributed by atoms with van der Waals surface area (Å²) >= 11 is 6.17. The first-order valence-corrected chi connectivity index (χ1v) is 6.79. The maximum Gasteiger partial charge on any atom is 0.0451 e. The van der Waals surface area contributed by atoms with Crippen molar-refractivity contribution in [3.63, 3.8) is 0 Å². The Labute approximate surface area is 109 Å². The van der Waals surface area contributed by atoms with Gasteiger partial charge in [0.05, 0.1) is 0 Å². The number of rotatable bonds is 4. The molecule has 0 amide bonds. The molecule has 94 valence electrons. The molecule has 0 aromatic heterocycles. The van der Waals surface area contributed by atoms with Crippen LogP contribution < -0.4 is 5.32 Å². The van der Waals surface area contributed by atoms with Crippen molar-refractivity contribution in [2.24, 2.45) is 0 Å². The number of nitrogens with one attached hydrogen (secondary N) is 1. The van der Waals surface area contributed by atoms with Gasteiger partial charge in [0.25, 0.3) is 0 Å². The lowest BCUT2D eigenvalue weighted by Crippen LogP contribution is -2.42. The van der Waals surface area contributed by atoms with E-state index < -0.39 is 0 Å². The molecule has 2 rings (SSSR count). The van der Waals surface area contributed by atoms with E-state index >= 15 is 0 Å². The molecule has 0 aliphatic carbocycles. The number of halogens is 1. The summed E-state index contributed by atoms with van der Waals surface area (Å²) in [4.78, 5) is 2.35. The molecule has 0 saturated carbocycles. The molecule has 1 N–H and O–H groups in total. The third-order valence-corrected chi connectivity index (χ3v) is 3.71. The zero-order chi connectivity index (χ0) is 12.1. The van der Waals surface area contributed by atoms with E-state index in [0.29, 0.717) is 6.04 Å². The minimum Gasteiger partial charge on any atom is -0.313 e. The van der Waals surface area contributed by atoms with Crippen LogP contribution in [0, 0.1) is 0 Å². The Bertz CT molecular complexity index is 348. The summed E-state index contributed by atoms with van der Waals surface area (Å²) in [6, 6.07) is 8.75. The van der Waals surface area contributed by atoms with Gasteiger partial charge in [-0.2, -0.15) is 0 Å². The van der Waals surface area contributed by atoms with E-state index in [1.165, 1.54) is 31.4 Å². The Morgan fingerprint density at radius 2 is 2.18 bits per heavy atom. The van der Waals surface area contributed by atoms with Crippen molar-refractivity contribution in [1.82, 2.24) is 10.2 Å². The van der Waals surface area contributed by atoms with Gasteiger partial charge in [-0.3, -0.25) is 0 Å². The third-order valence-electron chi connectivity index (χ3n) is 3.34. The number of benzene rings is 1. The fourth-order valence-corrected chi connectivity index (χ4v) is 2.63. The summed E-state index contributed by atoms with van der Waals surface area (Å²) in [7, 11) is 2.17. The van der Waals surface area contributed by atoms with Gasteiger partial charge in [0.2, 0.25) is 0 Å². The minimum atomic E-state index is 0.649. The normalized spacial score (nSPS) is 20.8. The first kappa shape index (κ1) is 12.9. The van der Waals surface area contributed by atoms with Crippen molar-refractivity contribution in [2.75, 3.05) is 20.1 Å². The monoisotopic (exact) mass is 252 g/mol. The van der Waals surface area contributed by atoms with E-state index in [4.69, 9.17) is 11.6 Å². The molecule has 17 heavy (non-hydrogen) atoms.